The van der Waals surface area contributed by atoms with Gasteiger partial charge in [-0.15, -0.1) is 0 Å². The number of halogens is 3. The van der Waals surface area contributed by atoms with Gasteiger partial charge in [0.15, 0.2) is 0 Å². The van der Waals surface area contributed by atoms with Gasteiger partial charge in [-0.2, -0.15) is 0 Å². The quantitative estimate of drug-likeness (QED) is 0.220. The van der Waals surface area contributed by atoms with E-state index in [-0.39, 0.29) is 58.8 Å². The Labute approximate surface area is 269 Å². The summed E-state index contributed by atoms with van der Waals surface area (Å²) in [5.74, 6) is -1.65. The zero-order valence-electron chi connectivity index (χ0n) is 23.8. The molecule has 3 N–H and O–H groups in total. The minimum Gasteiger partial charge on any atom is -0.361 e. The number of nitrogens with one attached hydrogen (secondary N) is 3. The van der Waals surface area contributed by atoms with E-state index in [9.17, 15) is 19.2 Å². The summed E-state index contributed by atoms with van der Waals surface area (Å²) < 4.78 is 0. The van der Waals surface area contributed by atoms with E-state index in [1.54, 1.807) is 19.2 Å². The Balaban J connectivity index is 1.33. The van der Waals surface area contributed by atoms with Crippen LogP contribution in [0.2, 0.25) is 15.1 Å². The summed E-state index contributed by atoms with van der Waals surface area (Å²) in [6.45, 7) is -0.473. The molecule has 4 aromatic rings. The van der Waals surface area contributed by atoms with Crippen LogP contribution in [0.5, 0.6) is 0 Å². The van der Waals surface area contributed by atoms with Crippen molar-refractivity contribution in [3.63, 3.8) is 0 Å². The number of carbonyl (C=O) groups is 4. The van der Waals surface area contributed by atoms with E-state index < -0.39 is 18.0 Å². The van der Waals surface area contributed by atoms with Gasteiger partial charge < -0.3 is 25.4 Å². The van der Waals surface area contributed by atoms with Crippen molar-refractivity contribution < 1.29 is 19.2 Å². The van der Waals surface area contributed by atoms with Crippen molar-refractivity contribution in [1.82, 2.24) is 25.4 Å². The first-order valence-corrected chi connectivity index (χ1v) is 15.1. The lowest BCUT2D eigenvalue weighted by Gasteiger charge is -2.32. The molecule has 3 aromatic carbocycles. The molecule has 2 atom stereocenters. The molecule has 12 heteroatoms. The highest BCUT2D eigenvalue weighted by molar-refractivity contribution is 6.48. The maximum Gasteiger partial charge on any atom is 0.246 e. The summed E-state index contributed by atoms with van der Waals surface area (Å²) in [6.07, 6.45) is 2.30. The second-order valence-electron chi connectivity index (χ2n) is 10.8. The van der Waals surface area contributed by atoms with Crippen molar-refractivity contribution in [2.45, 2.75) is 31.5 Å². The van der Waals surface area contributed by atoms with Gasteiger partial charge in [0.05, 0.1) is 15.1 Å². The number of amides is 4. The van der Waals surface area contributed by atoms with Crippen LogP contribution in [-0.2, 0) is 38.6 Å². The zero-order chi connectivity index (χ0) is 31.4. The van der Waals surface area contributed by atoms with Crippen molar-refractivity contribution >= 4 is 69.3 Å². The third kappa shape index (κ3) is 7.35. The smallest absolute Gasteiger partial charge is 0.246 e. The van der Waals surface area contributed by atoms with Crippen molar-refractivity contribution in [2.24, 2.45) is 0 Å². The Morgan fingerprint density at radius 2 is 1.68 bits per heavy atom. The Morgan fingerprint density at radius 1 is 1.00 bits per heavy atom. The topological polar surface area (TPSA) is 115 Å². The van der Waals surface area contributed by atoms with E-state index in [0.29, 0.717) is 12.0 Å². The third-order valence-electron chi connectivity index (χ3n) is 7.47. The van der Waals surface area contributed by atoms with E-state index in [1.165, 1.54) is 9.80 Å². The van der Waals surface area contributed by atoms with E-state index in [0.717, 1.165) is 22.0 Å². The molecular weight excluding hydrogens is 625 g/mol. The number of H-pyrrole nitrogens is 1. The molecule has 0 spiro atoms. The van der Waals surface area contributed by atoms with Gasteiger partial charge in [0.25, 0.3) is 0 Å². The van der Waals surface area contributed by atoms with Gasteiger partial charge in [-0.25, -0.2) is 0 Å². The minimum atomic E-state index is -0.973. The van der Waals surface area contributed by atoms with Gasteiger partial charge in [0.2, 0.25) is 23.6 Å². The van der Waals surface area contributed by atoms with Crippen molar-refractivity contribution in [3.05, 3.63) is 105 Å². The number of likely N-dealkylation sites (N-methyl/N-ethyl adjacent to an activating group) is 1. The van der Waals surface area contributed by atoms with Gasteiger partial charge in [-0.1, -0.05) is 83.3 Å². The Kier molecular flexibility index (Phi) is 9.78. The molecule has 1 aromatic heterocycles. The molecule has 44 heavy (non-hydrogen) atoms. The molecule has 0 saturated carbocycles. The summed E-state index contributed by atoms with van der Waals surface area (Å²) in [5.41, 5.74) is 3.27. The fourth-order valence-corrected chi connectivity index (χ4v) is 5.99. The van der Waals surface area contributed by atoms with Crippen molar-refractivity contribution in [3.8, 4) is 0 Å². The van der Waals surface area contributed by atoms with Crippen LogP contribution in [0.3, 0.4) is 0 Å². The summed E-state index contributed by atoms with van der Waals surface area (Å²) in [6, 6.07) is 18.5. The first-order valence-electron chi connectivity index (χ1n) is 13.9. The molecule has 2 heterocycles. The number of aromatic nitrogens is 1. The highest BCUT2D eigenvalue weighted by Gasteiger charge is 2.34. The normalized spacial score (nSPS) is 15.6. The average molecular weight is 655 g/mol. The molecule has 0 radical (unpaired) electrons. The fourth-order valence-electron chi connectivity index (χ4n) is 5.35. The summed E-state index contributed by atoms with van der Waals surface area (Å²) >= 11 is 18.5. The maximum atomic E-state index is 13.8. The summed E-state index contributed by atoms with van der Waals surface area (Å²) in [5, 5.41) is 7.22. The molecule has 5 rings (SSSR count). The molecule has 1 saturated heterocycles. The number of hydrogen-bond donors (Lipinski definition) is 3. The molecule has 1 aliphatic rings. The van der Waals surface area contributed by atoms with Gasteiger partial charge >= 0.3 is 0 Å². The lowest BCUT2D eigenvalue weighted by atomic mass is 10.0. The molecule has 0 aliphatic carbocycles. The monoisotopic (exact) mass is 653 g/mol. The zero-order valence-corrected chi connectivity index (χ0v) is 26.0. The molecule has 9 nitrogen and oxygen atoms in total. The van der Waals surface area contributed by atoms with Crippen molar-refractivity contribution in [2.75, 3.05) is 20.1 Å². The largest absolute Gasteiger partial charge is 0.361 e. The number of rotatable bonds is 10. The van der Waals surface area contributed by atoms with Crippen LogP contribution in [-0.4, -0.2) is 70.6 Å². The number of carbonyl (C=O) groups excluding carboxylic acids is 4. The predicted octanol–water partition coefficient (Wildman–Crippen LogP) is 4.38. The molecule has 0 bridgehead atoms. The van der Waals surface area contributed by atoms with E-state index in [4.69, 9.17) is 34.8 Å². The first kappa shape index (κ1) is 31.4. The van der Waals surface area contributed by atoms with E-state index >= 15 is 0 Å². The SMILES string of the molecule is CN(Cc1cc(Cl)c(Cl)c(Cl)c1)C(=O)C(Cc1c[nH]c2ccccc12)NC(=O)CN1CC(=O)NC(Cc2ccccc2)C1=O. The van der Waals surface area contributed by atoms with E-state index in [2.05, 4.69) is 15.6 Å². The highest BCUT2D eigenvalue weighted by Crippen LogP contribution is 2.31. The predicted molar refractivity (Wildman–Crippen MR) is 171 cm³/mol. The standard InChI is InChI=1S/C32H30Cl3N5O4/c1-39(16-20-11-23(33)30(35)24(34)12-20)31(43)27(14-21-15-36-25-10-6-5-9-22(21)25)38-29(42)18-40-17-28(41)37-26(32(40)44)13-19-7-3-2-4-8-19/h2-12,15,26-27,36H,13-14,16-18H2,1H3,(H,37,41)(H,38,42). The van der Waals surface area contributed by atoms with Crippen LogP contribution in [0.15, 0.2) is 72.9 Å². The van der Waals surface area contributed by atoms with E-state index in [1.807, 2.05) is 60.8 Å². The van der Waals surface area contributed by atoms with Gasteiger partial charge in [0, 0.05) is 43.5 Å². The first-order chi connectivity index (χ1) is 21.1. The van der Waals surface area contributed by atoms with Crippen molar-refractivity contribution in [1.29, 1.82) is 0 Å². The summed E-state index contributed by atoms with van der Waals surface area (Å²) in [7, 11) is 1.61. The summed E-state index contributed by atoms with van der Waals surface area (Å²) in [4.78, 5) is 58.8. The Bertz CT molecular complexity index is 1690. The fraction of sp³-hybridized carbons (Fsp3) is 0.250. The lowest BCUT2D eigenvalue weighted by Crippen LogP contribution is -2.61. The van der Waals surface area contributed by atoms with Gasteiger partial charge in [-0.3, -0.25) is 19.2 Å². The van der Waals surface area contributed by atoms with Crippen LogP contribution in [0, 0.1) is 0 Å². The number of aromatic amines is 1. The number of fused-ring (bicyclic) bond motifs is 1. The number of piperazine rings is 1. The van der Waals surface area contributed by atoms with Crippen LogP contribution < -0.4 is 10.6 Å². The Hall–Kier alpha value is -4.05. The average Bonchev–Trinajstić information content (AvgIpc) is 3.40. The van der Waals surface area contributed by atoms with Crippen LogP contribution >= 0.6 is 34.8 Å². The molecule has 1 aliphatic heterocycles. The van der Waals surface area contributed by atoms with Crippen LogP contribution in [0.25, 0.3) is 10.9 Å². The molecule has 228 valence electrons. The molecule has 2 unspecified atom stereocenters. The third-order valence-corrected chi connectivity index (χ3v) is 8.67. The maximum absolute atomic E-state index is 13.8. The number of hydrogen-bond acceptors (Lipinski definition) is 4. The lowest BCUT2D eigenvalue weighted by molar-refractivity contribution is -0.146. The number of para-hydroxylation sites is 1. The highest BCUT2D eigenvalue weighted by atomic mass is 35.5. The molecular formula is C32H30Cl3N5O4. The Morgan fingerprint density at radius 3 is 2.41 bits per heavy atom. The minimum absolute atomic E-state index is 0.154. The van der Waals surface area contributed by atoms with Gasteiger partial charge in [-0.05, 0) is 34.9 Å². The van der Waals surface area contributed by atoms with Crippen LogP contribution in [0.1, 0.15) is 16.7 Å². The van der Waals surface area contributed by atoms with Crippen LogP contribution in [0.4, 0.5) is 0 Å². The molecule has 4 amide bonds. The number of benzene rings is 3. The second kappa shape index (κ2) is 13.7. The molecule has 1 fully saturated rings. The second-order valence-corrected chi connectivity index (χ2v) is 11.9. The number of nitrogens with zero attached hydrogens (tertiary/aromatic N) is 2. The van der Waals surface area contributed by atoms with Gasteiger partial charge in [0.1, 0.15) is 25.2 Å².